The summed E-state index contributed by atoms with van der Waals surface area (Å²) in [5.41, 5.74) is 4.08. The van der Waals surface area contributed by atoms with Crippen LogP contribution in [0.1, 0.15) is 38.2 Å². The summed E-state index contributed by atoms with van der Waals surface area (Å²) >= 11 is 6.37. The van der Waals surface area contributed by atoms with E-state index in [-0.39, 0.29) is 0 Å². The lowest BCUT2D eigenvalue weighted by molar-refractivity contribution is 0.415. The summed E-state index contributed by atoms with van der Waals surface area (Å²) in [6.45, 7) is 4.46. The van der Waals surface area contributed by atoms with Crippen molar-refractivity contribution in [2.75, 3.05) is 7.11 Å². The number of nitrogens with zero attached hydrogens (tertiary/aromatic N) is 2. The molecule has 0 unspecified atom stereocenters. The second-order valence-corrected chi connectivity index (χ2v) is 6.12. The first-order chi connectivity index (χ1) is 11.2. The second kappa shape index (κ2) is 6.63. The van der Waals surface area contributed by atoms with Crippen LogP contribution in [-0.4, -0.2) is 16.5 Å². The molecule has 0 aliphatic carbocycles. The molecule has 0 N–H and O–H groups in total. The summed E-state index contributed by atoms with van der Waals surface area (Å²) in [6.07, 6.45) is 6.51. The van der Waals surface area contributed by atoms with E-state index in [4.69, 9.17) is 16.3 Å². The molecule has 120 valence electrons. The number of fused-ring (bicyclic) bond motifs is 1. The molecule has 4 heteroatoms. The molecule has 0 radical (unpaired) electrons. The van der Waals surface area contributed by atoms with Crippen LogP contribution < -0.4 is 4.74 Å². The summed E-state index contributed by atoms with van der Waals surface area (Å²) in [5, 5.41) is 0.646. The van der Waals surface area contributed by atoms with Crippen molar-refractivity contribution in [2.45, 2.75) is 32.6 Å². The van der Waals surface area contributed by atoms with Crippen molar-refractivity contribution in [2.24, 2.45) is 0 Å². The second-order valence-electron chi connectivity index (χ2n) is 5.71. The highest BCUT2D eigenvalue weighted by atomic mass is 35.5. The first kappa shape index (κ1) is 15.9. The van der Waals surface area contributed by atoms with Gasteiger partial charge in [0.25, 0.3) is 0 Å². The predicted octanol–water partition coefficient (Wildman–Crippen LogP) is 5.57. The predicted molar refractivity (Wildman–Crippen MR) is 95.5 cm³/mol. The quantitative estimate of drug-likeness (QED) is 0.612. The molecular weight excluding hydrogens is 308 g/mol. The minimum Gasteiger partial charge on any atom is -0.497 e. The van der Waals surface area contributed by atoms with E-state index in [1.165, 1.54) is 5.56 Å². The van der Waals surface area contributed by atoms with E-state index in [2.05, 4.69) is 41.6 Å². The zero-order valence-corrected chi connectivity index (χ0v) is 14.5. The minimum absolute atomic E-state index is 0.592. The van der Waals surface area contributed by atoms with Crippen LogP contribution in [0.4, 0.5) is 0 Å². The lowest BCUT2D eigenvalue weighted by atomic mass is 9.96. The van der Waals surface area contributed by atoms with Crippen molar-refractivity contribution in [3.05, 3.63) is 53.3 Å². The maximum absolute atomic E-state index is 6.37. The number of hydrogen-bond donors (Lipinski definition) is 0. The van der Waals surface area contributed by atoms with Crippen molar-refractivity contribution in [1.82, 2.24) is 9.38 Å². The van der Waals surface area contributed by atoms with Crippen molar-refractivity contribution in [1.29, 1.82) is 0 Å². The van der Waals surface area contributed by atoms with E-state index >= 15 is 0 Å². The molecule has 3 nitrogen and oxygen atoms in total. The molecule has 0 aliphatic rings. The van der Waals surface area contributed by atoms with Crippen LogP contribution in [-0.2, 0) is 0 Å². The lowest BCUT2D eigenvalue weighted by Gasteiger charge is -2.12. The summed E-state index contributed by atoms with van der Waals surface area (Å²) < 4.78 is 7.29. The average molecular weight is 329 g/mol. The van der Waals surface area contributed by atoms with Crippen LogP contribution in [0.3, 0.4) is 0 Å². The van der Waals surface area contributed by atoms with Crippen LogP contribution in [0, 0.1) is 0 Å². The lowest BCUT2D eigenvalue weighted by Crippen LogP contribution is -1.97. The highest BCUT2D eigenvalue weighted by molar-refractivity contribution is 6.33. The SMILES string of the molecule is CCC(CC)c1ccc2nc(-c3ccc(OC)cc3Cl)cn2c1. The van der Waals surface area contributed by atoms with Gasteiger partial charge in [-0.15, -0.1) is 0 Å². The summed E-state index contributed by atoms with van der Waals surface area (Å²) in [6, 6.07) is 9.93. The average Bonchev–Trinajstić information content (AvgIpc) is 2.98. The van der Waals surface area contributed by atoms with Crippen LogP contribution in [0.15, 0.2) is 42.7 Å². The molecule has 1 aromatic carbocycles. The van der Waals surface area contributed by atoms with Gasteiger partial charge >= 0.3 is 0 Å². The molecule has 0 saturated heterocycles. The fourth-order valence-corrected chi connectivity index (χ4v) is 3.24. The van der Waals surface area contributed by atoms with Crippen molar-refractivity contribution < 1.29 is 4.74 Å². The van der Waals surface area contributed by atoms with Crippen LogP contribution >= 0.6 is 11.6 Å². The Labute approximate surface area is 141 Å². The third kappa shape index (κ3) is 3.06. The Balaban J connectivity index is 2.03. The zero-order chi connectivity index (χ0) is 16.4. The van der Waals surface area contributed by atoms with E-state index < -0.39 is 0 Å². The van der Waals surface area contributed by atoms with Gasteiger partial charge in [0, 0.05) is 18.0 Å². The van der Waals surface area contributed by atoms with Crippen molar-refractivity contribution >= 4 is 17.2 Å². The monoisotopic (exact) mass is 328 g/mol. The Kier molecular flexibility index (Phi) is 4.58. The van der Waals surface area contributed by atoms with Gasteiger partial charge in [-0.1, -0.05) is 31.5 Å². The highest BCUT2D eigenvalue weighted by Crippen LogP contribution is 2.31. The Morgan fingerprint density at radius 2 is 1.91 bits per heavy atom. The summed E-state index contributed by atoms with van der Waals surface area (Å²) in [7, 11) is 1.63. The fourth-order valence-electron chi connectivity index (χ4n) is 2.97. The number of aromatic nitrogens is 2. The van der Waals surface area contributed by atoms with Gasteiger partial charge in [-0.2, -0.15) is 0 Å². The molecule has 2 heterocycles. The number of ether oxygens (including phenoxy) is 1. The first-order valence-electron chi connectivity index (χ1n) is 7.98. The van der Waals surface area contributed by atoms with Gasteiger partial charge in [0.1, 0.15) is 11.4 Å². The van der Waals surface area contributed by atoms with Crippen LogP contribution in [0.2, 0.25) is 5.02 Å². The third-order valence-corrected chi connectivity index (χ3v) is 4.70. The molecule has 3 aromatic rings. The molecule has 0 bridgehead atoms. The molecule has 0 saturated carbocycles. The van der Waals surface area contributed by atoms with Crippen molar-refractivity contribution in [3.63, 3.8) is 0 Å². The Morgan fingerprint density at radius 1 is 1.13 bits per heavy atom. The van der Waals surface area contributed by atoms with Gasteiger partial charge in [0.05, 0.1) is 17.8 Å². The number of halogens is 1. The van der Waals surface area contributed by atoms with Gasteiger partial charge in [-0.05, 0) is 48.6 Å². The van der Waals surface area contributed by atoms with Crippen LogP contribution in [0.25, 0.3) is 16.9 Å². The number of methoxy groups -OCH3 is 1. The molecule has 3 rings (SSSR count). The smallest absolute Gasteiger partial charge is 0.137 e. The van der Waals surface area contributed by atoms with E-state index in [0.29, 0.717) is 10.9 Å². The number of benzene rings is 1. The molecular formula is C19H21ClN2O. The number of imidazole rings is 1. The fraction of sp³-hybridized carbons (Fsp3) is 0.316. The third-order valence-electron chi connectivity index (χ3n) is 4.38. The number of pyridine rings is 1. The van der Waals surface area contributed by atoms with Gasteiger partial charge in [0.2, 0.25) is 0 Å². The van der Waals surface area contributed by atoms with Crippen LogP contribution in [0.5, 0.6) is 5.75 Å². The van der Waals surface area contributed by atoms with E-state index in [9.17, 15) is 0 Å². The Hall–Kier alpha value is -2.00. The molecule has 2 aromatic heterocycles. The Bertz CT molecular complexity index is 821. The zero-order valence-electron chi connectivity index (χ0n) is 13.7. The van der Waals surface area contributed by atoms with E-state index in [0.717, 1.165) is 35.5 Å². The molecule has 0 atom stereocenters. The normalized spacial score (nSPS) is 11.3. The van der Waals surface area contributed by atoms with E-state index in [1.807, 2.05) is 24.4 Å². The van der Waals surface area contributed by atoms with Gasteiger partial charge in [-0.25, -0.2) is 4.98 Å². The standard InChI is InChI=1S/C19H21ClN2O/c1-4-13(5-2)14-6-9-19-21-18(12-22(19)11-14)16-8-7-15(23-3)10-17(16)20/h6-13H,4-5H2,1-3H3. The highest BCUT2D eigenvalue weighted by Gasteiger charge is 2.12. The molecule has 0 aliphatic heterocycles. The molecule has 0 spiro atoms. The largest absolute Gasteiger partial charge is 0.497 e. The molecule has 23 heavy (non-hydrogen) atoms. The topological polar surface area (TPSA) is 26.5 Å². The number of hydrogen-bond acceptors (Lipinski definition) is 2. The van der Waals surface area contributed by atoms with Gasteiger partial charge < -0.3 is 9.14 Å². The van der Waals surface area contributed by atoms with Gasteiger partial charge in [0.15, 0.2) is 0 Å². The first-order valence-corrected chi connectivity index (χ1v) is 8.36. The summed E-state index contributed by atoms with van der Waals surface area (Å²) in [4.78, 5) is 4.69. The van der Waals surface area contributed by atoms with E-state index in [1.54, 1.807) is 7.11 Å². The summed E-state index contributed by atoms with van der Waals surface area (Å²) in [5.74, 6) is 1.34. The molecule has 0 fully saturated rings. The number of rotatable bonds is 5. The maximum atomic E-state index is 6.37. The Morgan fingerprint density at radius 3 is 2.57 bits per heavy atom. The minimum atomic E-state index is 0.592. The van der Waals surface area contributed by atoms with Crippen molar-refractivity contribution in [3.8, 4) is 17.0 Å². The maximum Gasteiger partial charge on any atom is 0.137 e. The van der Waals surface area contributed by atoms with Gasteiger partial charge in [-0.3, -0.25) is 0 Å². The molecule has 0 amide bonds.